The Morgan fingerprint density at radius 1 is 1.21 bits per heavy atom. The summed E-state index contributed by atoms with van der Waals surface area (Å²) in [5, 5.41) is 0. The van der Waals surface area contributed by atoms with Crippen LogP contribution in [0, 0.1) is 5.41 Å². The molecule has 2 aromatic rings. The lowest BCUT2D eigenvalue weighted by molar-refractivity contribution is 0.319. The Morgan fingerprint density at radius 2 is 2.04 bits per heavy atom. The third-order valence-corrected chi connectivity index (χ3v) is 4.81. The van der Waals surface area contributed by atoms with Crippen molar-refractivity contribution in [2.75, 3.05) is 24.3 Å². The Hall–Kier alpha value is -2.37. The molecule has 1 saturated heterocycles. The van der Waals surface area contributed by atoms with Gasteiger partial charge in [-0.3, -0.25) is 0 Å². The Balaban J connectivity index is 2.04. The maximum absolute atomic E-state index is 5.81. The minimum atomic E-state index is 0.157. The van der Waals surface area contributed by atoms with Crippen LogP contribution in [0.5, 0.6) is 5.88 Å². The van der Waals surface area contributed by atoms with Gasteiger partial charge in [0.25, 0.3) is 0 Å². The van der Waals surface area contributed by atoms with E-state index >= 15 is 0 Å². The normalized spacial score (nSPS) is 20.5. The van der Waals surface area contributed by atoms with Crippen molar-refractivity contribution in [2.45, 2.75) is 39.2 Å². The van der Waals surface area contributed by atoms with Crippen molar-refractivity contribution in [3.63, 3.8) is 0 Å². The van der Waals surface area contributed by atoms with Crippen LogP contribution in [-0.4, -0.2) is 28.6 Å². The molecule has 2 N–H and O–H groups in total. The summed E-state index contributed by atoms with van der Waals surface area (Å²) in [4.78, 5) is 15.2. The zero-order valence-corrected chi connectivity index (χ0v) is 14.6. The highest BCUT2D eigenvalue weighted by atomic mass is 16.5. The van der Waals surface area contributed by atoms with Crippen molar-refractivity contribution < 1.29 is 4.74 Å². The fourth-order valence-electron chi connectivity index (χ4n) is 3.34. The molecule has 3 heterocycles. The van der Waals surface area contributed by atoms with Crippen LogP contribution in [0.1, 0.15) is 44.7 Å². The van der Waals surface area contributed by atoms with E-state index in [1.54, 1.807) is 19.5 Å². The van der Waals surface area contributed by atoms with Crippen molar-refractivity contribution >= 4 is 11.8 Å². The first-order valence-corrected chi connectivity index (χ1v) is 8.34. The molecule has 0 amide bonds. The molecule has 6 nitrogen and oxygen atoms in total. The number of pyridine rings is 1. The molecule has 6 heteroatoms. The van der Waals surface area contributed by atoms with Crippen LogP contribution in [0.25, 0.3) is 0 Å². The standard InChI is InChI=1S/C18H25N5O/c1-18(2)8-6-14(13-5-4-10-20-16(13)24-3)23(12-9-18)15-7-11-21-17(19)22-15/h4-5,7,10-11,14H,6,8-9,12H2,1-3H3,(H2,19,21,22). The quantitative estimate of drug-likeness (QED) is 0.932. The maximum atomic E-state index is 5.81. The van der Waals surface area contributed by atoms with E-state index in [2.05, 4.69) is 39.8 Å². The van der Waals surface area contributed by atoms with Crippen LogP contribution in [0.4, 0.5) is 11.8 Å². The summed E-state index contributed by atoms with van der Waals surface area (Å²) >= 11 is 0. The molecule has 0 spiro atoms. The highest BCUT2D eigenvalue weighted by Crippen LogP contribution is 2.41. The number of ether oxygens (including phenoxy) is 1. The van der Waals surface area contributed by atoms with Crippen LogP contribution in [0.2, 0.25) is 0 Å². The molecule has 3 rings (SSSR count). The van der Waals surface area contributed by atoms with Gasteiger partial charge in [0.05, 0.1) is 13.2 Å². The molecule has 1 aliphatic heterocycles. The van der Waals surface area contributed by atoms with Gasteiger partial charge in [-0.05, 0) is 36.8 Å². The lowest BCUT2D eigenvalue weighted by Crippen LogP contribution is -2.30. The minimum Gasteiger partial charge on any atom is -0.481 e. The molecule has 0 radical (unpaired) electrons. The summed E-state index contributed by atoms with van der Waals surface area (Å²) in [7, 11) is 1.67. The molecular formula is C18H25N5O. The summed E-state index contributed by atoms with van der Waals surface area (Å²) in [6, 6.07) is 6.13. The van der Waals surface area contributed by atoms with Crippen molar-refractivity contribution in [3.8, 4) is 5.88 Å². The fourth-order valence-corrected chi connectivity index (χ4v) is 3.34. The zero-order valence-electron chi connectivity index (χ0n) is 14.6. The summed E-state index contributed by atoms with van der Waals surface area (Å²) < 4.78 is 5.50. The van der Waals surface area contributed by atoms with Gasteiger partial charge in [0.15, 0.2) is 0 Å². The van der Waals surface area contributed by atoms with E-state index in [1.165, 1.54) is 0 Å². The fraction of sp³-hybridized carbons (Fsp3) is 0.500. The predicted octanol–water partition coefficient (Wildman–Crippen LogP) is 3.22. The van der Waals surface area contributed by atoms with Crippen molar-refractivity contribution in [1.29, 1.82) is 0 Å². The van der Waals surface area contributed by atoms with E-state index in [0.29, 0.717) is 17.2 Å². The van der Waals surface area contributed by atoms with Crippen LogP contribution in [0.15, 0.2) is 30.6 Å². The minimum absolute atomic E-state index is 0.157. The molecule has 128 valence electrons. The summed E-state index contributed by atoms with van der Waals surface area (Å²) in [5.74, 6) is 1.83. The highest BCUT2D eigenvalue weighted by Gasteiger charge is 2.32. The van der Waals surface area contributed by atoms with Gasteiger partial charge < -0.3 is 15.4 Å². The third-order valence-electron chi connectivity index (χ3n) is 4.81. The Bertz CT molecular complexity index is 703. The van der Waals surface area contributed by atoms with Gasteiger partial charge in [-0.2, -0.15) is 4.98 Å². The summed E-state index contributed by atoms with van der Waals surface area (Å²) in [6.07, 6.45) is 6.71. The average Bonchev–Trinajstić information content (AvgIpc) is 2.73. The Labute approximate surface area is 143 Å². The topological polar surface area (TPSA) is 77.2 Å². The number of hydrogen-bond donors (Lipinski definition) is 1. The lowest BCUT2D eigenvalue weighted by atomic mass is 9.84. The van der Waals surface area contributed by atoms with Crippen LogP contribution in [0.3, 0.4) is 0 Å². The van der Waals surface area contributed by atoms with Crippen LogP contribution >= 0.6 is 0 Å². The molecule has 1 unspecified atom stereocenters. The van der Waals surface area contributed by atoms with Gasteiger partial charge in [-0.15, -0.1) is 0 Å². The molecule has 0 aliphatic carbocycles. The first-order chi connectivity index (χ1) is 11.5. The molecule has 1 atom stereocenters. The SMILES string of the molecule is COc1ncccc1C1CCC(C)(C)CCN1c1ccnc(N)n1. The number of nitrogens with two attached hydrogens (primary N) is 1. The third kappa shape index (κ3) is 3.42. The van der Waals surface area contributed by atoms with Crippen molar-refractivity contribution in [2.24, 2.45) is 5.41 Å². The Kier molecular flexibility index (Phi) is 4.55. The second-order valence-electron chi connectivity index (χ2n) is 7.04. The molecular weight excluding hydrogens is 302 g/mol. The van der Waals surface area contributed by atoms with Gasteiger partial charge in [-0.1, -0.05) is 19.9 Å². The van der Waals surface area contributed by atoms with E-state index < -0.39 is 0 Å². The van der Waals surface area contributed by atoms with Gasteiger partial charge in [0.1, 0.15) is 5.82 Å². The van der Waals surface area contributed by atoms with Gasteiger partial charge in [0.2, 0.25) is 11.8 Å². The molecule has 24 heavy (non-hydrogen) atoms. The zero-order chi connectivity index (χ0) is 17.2. The molecule has 1 aliphatic rings. The molecule has 0 aromatic carbocycles. The number of nitrogen functional groups attached to an aromatic ring is 1. The first-order valence-electron chi connectivity index (χ1n) is 8.34. The first kappa shape index (κ1) is 16.5. The molecule has 1 fully saturated rings. The van der Waals surface area contributed by atoms with E-state index in [9.17, 15) is 0 Å². The number of rotatable bonds is 3. The molecule has 2 aromatic heterocycles. The van der Waals surface area contributed by atoms with Crippen LogP contribution in [-0.2, 0) is 0 Å². The average molecular weight is 327 g/mol. The lowest BCUT2D eigenvalue weighted by Gasteiger charge is -2.31. The van der Waals surface area contributed by atoms with Gasteiger partial charge >= 0.3 is 0 Å². The van der Waals surface area contributed by atoms with Crippen molar-refractivity contribution in [3.05, 3.63) is 36.2 Å². The summed E-state index contributed by atoms with van der Waals surface area (Å²) in [5.41, 5.74) is 7.20. The largest absolute Gasteiger partial charge is 0.481 e. The number of nitrogens with zero attached hydrogens (tertiary/aromatic N) is 4. The number of hydrogen-bond acceptors (Lipinski definition) is 6. The number of methoxy groups -OCH3 is 1. The molecule has 0 bridgehead atoms. The van der Waals surface area contributed by atoms with Crippen molar-refractivity contribution in [1.82, 2.24) is 15.0 Å². The smallest absolute Gasteiger partial charge is 0.221 e. The highest BCUT2D eigenvalue weighted by molar-refractivity contribution is 5.46. The predicted molar refractivity (Wildman–Crippen MR) is 95.0 cm³/mol. The monoisotopic (exact) mass is 327 g/mol. The second kappa shape index (κ2) is 6.63. The number of aromatic nitrogens is 3. The molecule has 0 saturated carbocycles. The second-order valence-corrected chi connectivity index (χ2v) is 7.04. The van der Waals surface area contributed by atoms with E-state index in [1.807, 2.05) is 12.1 Å². The van der Waals surface area contributed by atoms with Crippen LogP contribution < -0.4 is 15.4 Å². The van der Waals surface area contributed by atoms with Gasteiger partial charge in [0, 0.05) is 24.5 Å². The Morgan fingerprint density at radius 3 is 2.79 bits per heavy atom. The summed E-state index contributed by atoms with van der Waals surface area (Å²) in [6.45, 7) is 5.55. The van der Waals surface area contributed by atoms with E-state index in [-0.39, 0.29) is 6.04 Å². The maximum Gasteiger partial charge on any atom is 0.221 e. The van der Waals surface area contributed by atoms with Gasteiger partial charge in [-0.25, -0.2) is 9.97 Å². The van der Waals surface area contributed by atoms with E-state index in [4.69, 9.17) is 10.5 Å². The van der Waals surface area contributed by atoms with E-state index in [0.717, 1.165) is 37.2 Å². The number of anilines is 2.